The third-order valence-electron chi connectivity index (χ3n) is 1.55. The zero-order chi connectivity index (χ0) is 9.68. The number of carboxylic acids is 1. The van der Waals surface area contributed by atoms with E-state index in [-0.39, 0.29) is 18.6 Å². The Morgan fingerprint density at radius 3 is 2.69 bits per heavy atom. The molecule has 0 unspecified atom stereocenters. The molecule has 0 aliphatic carbocycles. The lowest BCUT2D eigenvalue weighted by molar-refractivity contribution is -0.136. The van der Waals surface area contributed by atoms with Gasteiger partial charge in [-0.25, -0.2) is 0 Å². The average Bonchev–Trinajstić information content (AvgIpc) is 2.15. The number of rotatable bonds is 4. The Morgan fingerprint density at radius 2 is 2.15 bits per heavy atom. The average molecular weight is 179 g/mol. The van der Waals surface area contributed by atoms with Crippen molar-refractivity contribution in [2.45, 2.75) is 12.8 Å². The number of hydrogen-bond donors (Lipinski definition) is 1. The van der Waals surface area contributed by atoms with Crippen LogP contribution in [0.5, 0.6) is 0 Å². The monoisotopic (exact) mass is 179 g/mol. The van der Waals surface area contributed by atoms with Crippen molar-refractivity contribution in [3.8, 4) is 0 Å². The van der Waals surface area contributed by atoms with Crippen LogP contribution in [-0.2, 0) is 4.79 Å². The van der Waals surface area contributed by atoms with Crippen molar-refractivity contribution in [2.75, 3.05) is 0 Å². The summed E-state index contributed by atoms with van der Waals surface area (Å²) in [5.41, 5.74) is 0.462. The first-order valence-electron chi connectivity index (χ1n) is 3.85. The second kappa shape index (κ2) is 4.35. The highest BCUT2D eigenvalue weighted by Crippen LogP contribution is 2.02. The summed E-state index contributed by atoms with van der Waals surface area (Å²) in [4.78, 5) is 25.2. The number of hydrogen-bond acceptors (Lipinski definition) is 3. The van der Waals surface area contributed by atoms with Gasteiger partial charge in [-0.05, 0) is 12.1 Å². The second-order valence-corrected chi connectivity index (χ2v) is 2.56. The number of carbonyl (C=O) groups is 2. The molecule has 0 aliphatic heterocycles. The Morgan fingerprint density at radius 1 is 1.38 bits per heavy atom. The van der Waals surface area contributed by atoms with Gasteiger partial charge in [0.2, 0.25) is 0 Å². The summed E-state index contributed by atoms with van der Waals surface area (Å²) in [6.07, 6.45) is 2.90. The molecule has 0 amide bonds. The highest BCUT2D eigenvalue weighted by Gasteiger charge is 2.07. The Balaban J connectivity index is 2.54. The summed E-state index contributed by atoms with van der Waals surface area (Å²) >= 11 is 0. The van der Waals surface area contributed by atoms with E-state index in [2.05, 4.69) is 4.98 Å². The van der Waals surface area contributed by atoms with E-state index in [0.717, 1.165) is 0 Å². The van der Waals surface area contributed by atoms with Gasteiger partial charge in [0.15, 0.2) is 5.78 Å². The predicted octanol–water partition coefficient (Wildman–Crippen LogP) is 1.13. The van der Waals surface area contributed by atoms with Gasteiger partial charge in [0.25, 0.3) is 0 Å². The molecule has 1 aromatic rings. The van der Waals surface area contributed by atoms with Gasteiger partial charge in [-0.2, -0.15) is 0 Å². The highest BCUT2D eigenvalue weighted by atomic mass is 16.4. The molecule has 0 spiro atoms. The van der Waals surface area contributed by atoms with E-state index >= 15 is 0 Å². The fourth-order valence-electron chi connectivity index (χ4n) is 0.893. The van der Waals surface area contributed by atoms with Crippen LogP contribution in [0.3, 0.4) is 0 Å². The molecule has 1 aromatic heterocycles. The number of aromatic nitrogens is 1. The van der Waals surface area contributed by atoms with E-state index in [1.54, 1.807) is 18.3 Å². The van der Waals surface area contributed by atoms with Crippen molar-refractivity contribution < 1.29 is 14.7 Å². The SMILES string of the molecule is O=C(O)CCC(=O)c1cccnc1. The standard InChI is InChI=1S/C9H9NO3/c11-8(3-4-9(12)13)7-2-1-5-10-6-7/h1-2,5-6H,3-4H2,(H,12,13). The van der Waals surface area contributed by atoms with Crippen LogP contribution in [0.25, 0.3) is 0 Å². The van der Waals surface area contributed by atoms with E-state index in [4.69, 9.17) is 5.11 Å². The summed E-state index contributed by atoms with van der Waals surface area (Å²) in [7, 11) is 0. The highest BCUT2D eigenvalue weighted by molar-refractivity contribution is 5.97. The zero-order valence-corrected chi connectivity index (χ0v) is 6.93. The molecule has 1 heterocycles. The Bertz CT molecular complexity index is 308. The van der Waals surface area contributed by atoms with Crippen molar-refractivity contribution in [1.29, 1.82) is 0 Å². The van der Waals surface area contributed by atoms with Crippen molar-refractivity contribution in [3.63, 3.8) is 0 Å². The number of Topliss-reactive ketones (excluding diaryl/α,β-unsaturated/α-hetero) is 1. The van der Waals surface area contributed by atoms with Gasteiger partial charge >= 0.3 is 5.97 Å². The summed E-state index contributed by atoms with van der Waals surface area (Å²) in [6, 6.07) is 3.27. The topological polar surface area (TPSA) is 67.3 Å². The number of carbonyl (C=O) groups excluding carboxylic acids is 1. The van der Waals surface area contributed by atoms with Gasteiger partial charge in [0.1, 0.15) is 0 Å². The number of nitrogens with zero attached hydrogens (tertiary/aromatic N) is 1. The predicted molar refractivity (Wildman–Crippen MR) is 45.4 cm³/mol. The van der Waals surface area contributed by atoms with E-state index in [1.807, 2.05) is 0 Å². The molecule has 0 saturated heterocycles. The van der Waals surface area contributed by atoms with Gasteiger partial charge in [-0.3, -0.25) is 14.6 Å². The van der Waals surface area contributed by atoms with Crippen molar-refractivity contribution in [1.82, 2.24) is 4.98 Å². The van der Waals surface area contributed by atoms with Crippen LogP contribution in [0.4, 0.5) is 0 Å². The lowest BCUT2D eigenvalue weighted by atomic mass is 10.1. The van der Waals surface area contributed by atoms with E-state index in [1.165, 1.54) is 6.20 Å². The fourth-order valence-corrected chi connectivity index (χ4v) is 0.893. The largest absolute Gasteiger partial charge is 0.481 e. The molecular weight excluding hydrogens is 170 g/mol. The van der Waals surface area contributed by atoms with E-state index < -0.39 is 5.97 Å². The fraction of sp³-hybridized carbons (Fsp3) is 0.222. The van der Waals surface area contributed by atoms with Crippen LogP contribution in [0, 0.1) is 0 Å². The van der Waals surface area contributed by atoms with Crippen LogP contribution in [0.1, 0.15) is 23.2 Å². The van der Waals surface area contributed by atoms with Gasteiger partial charge in [-0.15, -0.1) is 0 Å². The second-order valence-electron chi connectivity index (χ2n) is 2.56. The van der Waals surface area contributed by atoms with Crippen molar-refractivity contribution >= 4 is 11.8 Å². The number of carboxylic acid groups (broad SMARTS) is 1. The summed E-state index contributed by atoms with van der Waals surface area (Å²) in [5, 5.41) is 8.34. The minimum absolute atomic E-state index is 0.0288. The van der Waals surface area contributed by atoms with Gasteiger partial charge in [0.05, 0.1) is 6.42 Å². The molecular formula is C9H9NO3. The first kappa shape index (κ1) is 9.38. The first-order chi connectivity index (χ1) is 6.20. The molecule has 1 N–H and O–H groups in total. The number of aliphatic carboxylic acids is 1. The Hall–Kier alpha value is -1.71. The van der Waals surface area contributed by atoms with Crippen LogP contribution in [0.2, 0.25) is 0 Å². The zero-order valence-electron chi connectivity index (χ0n) is 6.93. The van der Waals surface area contributed by atoms with Gasteiger partial charge < -0.3 is 5.11 Å². The minimum atomic E-state index is -0.961. The Kier molecular flexibility index (Phi) is 3.14. The van der Waals surface area contributed by atoms with Crippen molar-refractivity contribution in [2.24, 2.45) is 0 Å². The van der Waals surface area contributed by atoms with Gasteiger partial charge in [0, 0.05) is 24.4 Å². The molecule has 13 heavy (non-hydrogen) atoms. The molecule has 0 bridgehead atoms. The number of ketones is 1. The van der Waals surface area contributed by atoms with Crippen LogP contribution in [-0.4, -0.2) is 21.8 Å². The summed E-state index contributed by atoms with van der Waals surface area (Å²) < 4.78 is 0. The maximum absolute atomic E-state index is 11.2. The van der Waals surface area contributed by atoms with Crippen LogP contribution < -0.4 is 0 Å². The molecule has 1 rings (SSSR count). The Labute approximate surface area is 75.2 Å². The van der Waals surface area contributed by atoms with Gasteiger partial charge in [-0.1, -0.05) is 0 Å². The molecule has 0 atom stereocenters. The maximum Gasteiger partial charge on any atom is 0.303 e. The smallest absolute Gasteiger partial charge is 0.303 e. The maximum atomic E-state index is 11.2. The molecule has 0 radical (unpaired) electrons. The first-order valence-corrected chi connectivity index (χ1v) is 3.85. The van der Waals surface area contributed by atoms with Crippen LogP contribution in [0.15, 0.2) is 24.5 Å². The lowest BCUT2D eigenvalue weighted by Gasteiger charge is -1.96. The molecule has 0 aromatic carbocycles. The van der Waals surface area contributed by atoms with E-state index in [9.17, 15) is 9.59 Å². The van der Waals surface area contributed by atoms with Crippen molar-refractivity contribution in [3.05, 3.63) is 30.1 Å². The minimum Gasteiger partial charge on any atom is -0.481 e. The van der Waals surface area contributed by atoms with Crippen LogP contribution >= 0.6 is 0 Å². The molecule has 0 fully saturated rings. The molecule has 68 valence electrons. The summed E-state index contributed by atoms with van der Waals surface area (Å²) in [5.74, 6) is -1.15. The normalized spacial score (nSPS) is 9.54. The third kappa shape index (κ3) is 3.02. The quantitative estimate of drug-likeness (QED) is 0.703. The van der Waals surface area contributed by atoms with E-state index in [0.29, 0.717) is 5.56 Å². The molecule has 4 heteroatoms. The summed E-state index contributed by atoms with van der Waals surface area (Å²) in [6.45, 7) is 0. The molecule has 4 nitrogen and oxygen atoms in total. The third-order valence-corrected chi connectivity index (χ3v) is 1.55. The molecule has 0 saturated carbocycles. The number of pyridine rings is 1. The molecule has 0 aliphatic rings. The lowest BCUT2D eigenvalue weighted by Crippen LogP contribution is -2.03.